The molecule has 4 aromatic carbocycles. The monoisotopic (exact) mass is 492 g/mol. The lowest BCUT2D eigenvalue weighted by Gasteiger charge is -2.18. The van der Waals surface area contributed by atoms with Gasteiger partial charge in [-0.15, -0.1) is 0 Å². The number of fused-ring (bicyclic) bond motifs is 6. The summed E-state index contributed by atoms with van der Waals surface area (Å²) in [6.07, 6.45) is 1.89. The molecule has 0 aliphatic carbocycles. The van der Waals surface area contributed by atoms with Crippen LogP contribution < -0.4 is 0 Å². The first-order chi connectivity index (χ1) is 18.4. The number of para-hydroxylation sites is 1. The van der Waals surface area contributed by atoms with Gasteiger partial charge in [0.05, 0.1) is 11.2 Å². The number of aromatic nitrogens is 2. The van der Waals surface area contributed by atoms with Gasteiger partial charge in [-0.05, 0) is 71.5 Å². The van der Waals surface area contributed by atoms with Crippen molar-refractivity contribution in [1.82, 2.24) is 9.97 Å². The van der Waals surface area contributed by atoms with E-state index >= 15 is 0 Å². The number of aryl methyl sites for hydroxylation is 1. The Morgan fingerprint density at radius 3 is 2.32 bits per heavy atom. The second kappa shape index (κ2) is 8.26. The molecule has 0 aliphatic rings. The number of pyridine rings is 2. The Bertz CT molecular complexity index is 2020. The van der Waals surface area contributed by atoms with Crippen molar-refractivity contribution in [3.63, 3.8) is 0 Å². The van der Waals surface area contributed by atoms with E-state index < -0.39 is 0 Å². The highest BCUT2D eigenvalue weighted by molar-refractivity contribution is 6.17. The summed E-state index contributed by atoms with van der Waals surface area (Å²) in [7, 11) is 0. The Labute approximate surface area is 221 Å². The molecule has 0 saturated carbocycles. The lowest BCUT2D eigenvalue weighted by molar-refractivity contribution is 0.571. The van der Waals surface area contributed by atoms with Gasteiger partial charge in [-0.3, -0.25) is 9.97 Å². The van der Waals surface area contributed by atoms with Gasteiger partial charge >= 0.3 is 0 Å². The molecule has 0 radical (unpaired) electrons. The number of furan rings is 1. The Balaban J connectivity index is 1.38. The molecule has 0 unspecified atom stereocenters. The fourth-order valence-corrected chi connectivity index (χ4v) is 5.48. The quantitative estimate of drug-likeness (QED) is 0.241. The fraction of sp³-hybridized carbons (Fsp3) is 0.143. The number of hydrogen-bond donors (Lipinski definition) is 0. The molecular weight excluding hydrogens is 464 g/mol. The first-order valence-electron chi connectivity index (χ1n) is 13.1. The molecule has 0 saturated heterocycles. The van der Waals surface area contributed by atoms with Crippen molar-refractivity contribution in [2.75, 3.05) is 0 Å². The van der Waals surface area contributed by atoms with Gasteiger partial charge in [0.2, 0.25) is 0 Å². The molecule has 3 heterocycles. The van der Waals surface area contributed by atoms with Crippen LogP contribution in [-0.2, 0) is 5.41 Å². The number of benzene rings is 4. The molecule has 0 fully saturated rings. The first-order valence-corrected chi connectivity index (χ1v) is 13.1. The third kappa shape index (κ3) is 3.58. The van der Waals surface area contributed by atoms with Gasteiger partial charge in [-0.25, -0.2) is 0 Å². The zero-order valence-electron chi connectivity index (χ0n) is 22.0. The zero-order chi connectivity index (χ0) is 26.0. The van der Waals surface area contributed by atoms with Crippen LogP contribution in [0.15, 0.2) is 102 Å². The van der Waals surface area contributed by atoms with Crippen molar-refractivity contribution in [2.24, 2.45) is 0 Å². The molecule has 7 aromatic rings. The highest BCUT2D eigenvalue weighted by Crippen LogP contribution is 2.39. The lowest BCUT2D eigenvalue weighted by Crippen LogP contribution is -2.13. The minimum Gasteiger partial charge on any atom is -0.455 e. The van der Waals surface area contributed by atoms with E-state index in [1.165, 1.54) is 16.5 Å². The molecule has 7 rings (SSSR count). The van der Waals surface area contributed by atoms with E-state index in [0.717, 1.165) is 60.7 Å². The van der Waals surface area contributed by atoms with Gasteiger partial charge in [-0.2, -0.15) is 0 Å². The van der Waals surface area contributed by atoms with Crippen LogP contribution in [-0.4, -0.2) is 9.97 Å². The molecule has 38 heavy (non-hydrogen) atoms. The van der Waals surface area contributed by atoms with E-state index in [-0.39, 0.29) is 5.41 Å². The lowest BCUT2D eigenvalue weighted by atomic mass is 9.90. The largest absolute Gasteiger partial charge is 0.455 e. The van der Waals surface area contributed by atoms with E-state index in [1.54, 1.807) is 0 Å². The van der Waals surface area contributed by atoms with Crippen LogP contribution in [0.1, 0.15) is 32.0 Å². The van der Waals surface area contributed by atoms with Crippen LogP contribution in [0.3, 0.4) is 0 Å². The maximum absolute atomic E-state index is 6.57. The zero-order valence-corrected chi connectivity index (χ0v) is 22.0. The summed E-state index contributed by atoms with van der Waals surface area (Å²) in [5.41, 5.74) is 9.37. The van der Waals surface area contributed by atoms with E-state index in [1.807, 2.05) is 6.20 Å². The molecule has 3 heteroatoms. The molecule has 0 atom stereocenters. The topological polar surface area (TPSA) is 38.9 Å². The summed E-state index contributed by atoms with van der Waals surface area (Å²) in [5, 5.41) is 5.69. The van der Waals surface area contributed by atoms with E-state index in [2.05, 4.69) is 119 Å². The highest BCUT2D eigenvalue weighted by atomic mass is 16.3. The Kier molecular flexibility index (Phi) is 4.93. The Morgan fingerprint density at radius 2 is 1.45 bits per heavy atom. The van der Waals surface area contributed by atoms with Crippen LogP contribution in [0.25, 0.3) is 66.0 Å². The SMILES string of the molecule is Cc1cc2nc(C(C)(C)C)ccc2cc1-c1ccnc(-c2cccc3c2oc2c4ccccc4ccc32)c1. The molecule has 0 amide bonds. The molecule has 3 nitrogen and oxygen atoms in total. The molecule has 0 aliphatic heterocycles. The van der Waals surface area contributed by atoms with Crippen LogP contribution in [0.2, 0.25) is 0 Å². The summed E-state index contributed by atoms with van der Waals surface area (Å²) in [6, 6.07) is 32.1. The smallest absolute Gasteiger partial charge is 0.144 e. The summed E-state index contributed by atoms with van der Waals surface area (Å²) in [4.78, 5) is 9.74. The Morgan fingerprint density at radius 1 is 0.658 bits per heavy atom. The molecule has 0 spiro atoms. The summed E-state index contributed by atoms with van der Waals surface area (Å²) < 4.78 is 6.57. The van der Waals surface area contributed by atoms with Gasteiger partial charge < -0.3 is 4.42 Å². The average Bonchev–Trinajstić information content (AvgIpc) is 3.31. The molecule has 184 valence electrons. The van der Waals surface area contributed by atoms with Crippen LogP contribution in [0, 0.1) is 6.92 Å². The second-order valence-electron chi connectivity index (χ2n) is 11.2. The number of nitrogens with zero attached hydrogens (tertiary/aromatic N) is 2. The van der Waals surface area contributed by atoms with Gasteiger partial charge in [0.1, 0.15) is 11.2 Å². The normalized spacial score (nSPS) is 12.2. The minimum absolute atomic E-state index is 0.0186. The maximum atomic E-state index is 6.57. The molecule has 3 aromatic heterocycles. The number of rotatable bonds is 2. The van der Waals surface area contributed by atoms with Crippen molar-refractivity contribution >= 4 is 43.6 Å². The van der Waals surface area contributed by atoms with Crippen molar-refractivity contribution in [3.05, 3.63) is 108 Å². The fourth-order valence-electron chi connectivity index (χ4n) is 5.48. The standard InChI is InChI=1S/C35H28N2O/c1-21-18-30-24(13-15-32(37-30)35(2,3)4)19-29(21)23-16-17-36-31(20-23)28-11-7-10-26-27-14-12-22-8-5-6-9-25(22)33(27)38-34(26)28/h5-20H,1-4H3. The van der Waals surface area contributed by atoms with Crippen LogP contribution in [0.4, 0.5) is 0 Å². The van der Waals surface area contributed by atoms with Gasteiger partial charge in [0, 0.05) is 44.4 Å². The van der Waals surface area contributed by atoms with Crippen LogP contribution >= 0.6 is 0 Å². The van der Waals surface area contributed by atoms with Gasteiger partial charge in [0.15, 0.2) is 0 Å². The highest BCUT2D eigenvalue weighted by Gasteiger charge is 2.18. The van der Waals surface area contributed by atoms with Gasteiger partial charge in [-0.1, -0.05) is 69.3 Å². The van der Waals surface area contributed by atoms with E-state index in [0.29, 0.717) is 0 Å². The van der Waals surface area contributed by atoms with Crippen molar-refractivity contribution < 1.29 is 4.42 Å². The second-order valence-corrected chi connectivity index (χ2v) is 11.2. The van der Waals surface area contributed by atoms with E-state index in [4.69, 9.17) is 14.4 Å². The Hall–Kier alpha value is -4.50. The first kappa shape index (κ1) is 22.7. The van der Waals surface area contributed by atoms with Gasteiger partial charge in [0.25, 0.3) is 0 Å². The average molecular weight is 493 g/mol. The molecule has 0 bridgehead atoms. The summed E-state index contributed by atoms with van der Waals surface area (Å²) in [5.74, 6) is 0. The number of hydrogen-bond acceptors (Lipinski definition) is 3. The predicted octanol–water partition coefficient (Wildman–Crippen LogP) is 9.62. The maximum Gasteiger partial charge on any atom is 0.144 e. The van der Waals surface area contributed by atoms with Crippen molar-refractivity contribution in [3.8, 4) is 22.4 Å². The third-order valence-corrected chi connectivity index (χ3v) is 7.54. The third-order valence-electron chi connectivity index (χ3n) is 7.54. The molecular formula is C35H28N2O. The predicted molar refractivity (Wildman–Crippen MR) is 159 cm³/mol. The summed E-state index contributed by atoms with van der Waals surface area (Å²) >= 11 is 0. The van der Waals surface area contributed by atoms with Crippen LogP contribution in [0.5, 0.6) is 0 Å². The van der Waals surface area contributed by atoms with Crippen molar-refractivity contribution in [1.29, 1.82) is 0 Å². The summed E-state index contributed by atoms with van der Waals surface area (Å²) in [6.45, 7) is 8.76. The van der Waals surface area contributed by atoms with E-state index in [9.17, 15) is 0 Å². The molecule has 0 N–H and O–H groups in total. The minimum atomic E-state index is 0.0186. The van der Waals surface area contributed by atoms with Crippen molar-refractivity contribution in [2.45, 2.75) is 33.1 Å².